The monoisotopic (exact) mass is 416 g/mol. The average molecular weight is 417 g/mol. The van der Waals surface area contributed by atoms with Gasteiger partial charge in [0, 0.05) is 18.7 Å². The third-order valence-corrected chi connectivity index (χ3v) is 7.75. The highest BCUT2D eigenvalue weighted by molar-refractivity contribution is 7.89. The van der Waals surface area contributed by atoms with Crippen molar-refractivity contribution >= 4 is 15.9 Å². The second kappa shape index (κ2) is 8.55. The molecule has 2 N–H and O–H groups in total. The minimum absolute atomic E-state index is 0.163. The lowest BCUT2D eigenvalue weighted by Crippen LogP contribution is -2.32. The van der Waals surface area contributed by atoms with Gasteiger partial charge in [-0.05, 0) is 61.1 Å². The molecule has 0 aliphatic heterocycles. The van der Waals surface area contributed by atoms with E-state index < -0.39 is 10.0 Å². The van der Waals surface area contributed by atoms with Crippen molar-refractivity contribution < 1.29 is 18.3 Å². The summed E-state index contributed by atoms with van der Waals surface area (Å²) >= 11 is 0. The number of aryl methyl sites for hydroxylation is 1. The third kappa shape index (κ3) is 4.16. The Morgan fingerprint density at radius 1 is 1.21 bits per heavy atom. The number of carbonyl (C=O) groups is 1. The van der Waals surface area contributed by atoms with E-state index in [1.807, 2.05) is 6.07 Å². The molecule has 0 saturated carbocycles. The first kappa shape index (κ1) is 21.3. The fraction of sp³-hybridized carbons (Fsp3) is 0.409. The zero-order valence-corrected chi connectivity index (χ0v) is 17.9. The van der Waals surface area contributed by atoms with Gasteiger partial charge in [-0.15, -0.1) is 0 Å². The molecule has 0 bridgehead atoms. The van der Waals surface area contributed by atoms with Crippen LogP contribution in [-0.2, 0) is 16.4 Å². The molecule has 3 rings (SSSR count). The van der Waals surface area contributed by atoms with Crippen LogP contribution in [0.25, 0.3) is 0 Å². The van der Waals surface area contributed by atoms with Crippen LogP contribution < -0.4 is 5.32 Å². The second-order valence-corrected chi connectivity index (χ2v) is 9.24. The summed E-state index contributed by atoms with van der Waals surface area (Å²) in [4.78, 5) is 13.1. The molecule has 0 unspecified atom stereocenters. The number of rotatable bonds is 6. The Hall–Kier alpha value is -2.38. The maximum Gasteiger partial charge on any atom is 0.251 e. The van der Waals surface area contributed by atoms with Gasteiger partial charge in [0.15, 0.2) is 0 Å². The van der Waals surface area contributed by atoms with Crippen molar-refractivity contribution in [3.8, 4) is 5.75 Å². The molecule has 0 aromatic heterocycles. The van der Waals surface area contributed by atoms with E-state index in [1.54, 1.807) is 45.0 Å². The molecule has 6 nitrogen and oxygen atoms in total. The van der Waals surface area contributed by atoms with Crippen LogP contribution in [0.1, 0.15) is 59.8 Å². The summed E-state index contributed by atoms with van der Waals surface area (Å²) in [5.41, 5.74) is 2.72. The Balaban J connectivity index is 1.90. The summed E-state index contributed by atoms with van der Waals surface area (Å²) in [6.07, 6.45) is 2.43. The number of phenolic OH excluding ortho intramolecular Hbond substituents is 1. The molecule has 2 aromatic rings. The summed E-state index contributed by atoms with van der Waals surface area (Å²) in [6.45, 7) is 6.07. The van der Waals surface area contributed by atoms with Crippen molar-refractivity contribution in [2.75, 3.05) is 13.1 Å². The van der Waals surface area contributed by atoms with Crippen LogP contribution in [-0.4, -0.2) is 36.8 Å². The standard InChI is InChI=1S/C22H28N2O4S/c1-4-24(5-2)29(27,28)21-14-16(13-12-15(21)3)22(26)23-19-10-6-9-18-17(19)8-7-11-20(18)25/h7-8,11-14,19,25H,4-6,9-10H2,1-3H3,(H,23,26)/t19-/m0/s1. The normalized spacial score (nSPS) is 16.5. The Bertz CT molecular complexity index is 1010. The first-order valence-electron chi connectivity index (χ1n) is 10.0. The smallest absolute Gasteiger partial charge is 0.251 e. The number of benzene rings is 2. The molecule has 1 aliphatic rings. The predicted octanol–water partition coefficient (Wildman–Crippen LogP) is 3.54. The summed E-state index contributed by atoms with van der Waals surface area (Å²) in [5.74, 6) is -0.0634. The van der Waals surface area contributed by atoms with E-state index in [0.29, 0.717) is 24.2 Å². The van der Waals surface area contributed by atoms with E-state index in [0.717, 1.165) is 30.4 Å². The van der Waals surface area contributed by atoms with E-state index >= 15 is 0 Å². The van der Waals surface area contributed by atoms with Crippen molar-refractivity contribution in [1.82, 2.24) is 9.62 Å². The first-order valence-corrected chi connectivity index (χ1v) is 11.5. The molecule has 0 fully saturated rings. The van der Waals surface area contributed by atoms with Gasteiger partial charge in [-0.2, -0.15) is 4.31 Å². The number of nitrogens with zero attached hydrogens (tertiary/aromatic N) is 1. The summed E-state index contributed by atoms with van der Waals surface area (Å²) in [6, 6.07) is 9.94. The number of phenols is 1. The zero-order valence-electron chi connectivity index (χ0n) is 17.1. The lowest BCUT2D eigenvalue weighted by Gasteiger charge is -2.27. The average Bonchev–Trinajstić information content (AvgIpc) is 2.69. The topological polar surface area (TPSA) is 86.7 Å². The van der Waals surface area contributed by atoms with Crippen LogP contribution in [0.4, 0.5) is 0 Å². The third-order valence-electron chi connectivity index (χ3n) is 5.56. The van der Waals surface area contributed by atoms with Gasteiger partial charge in [-0.25, -0.2) is 8.42 Å². The minimum atomic E-state index is -3.65. The number of carbonyl (C=O) groups excluding carboxylic acids is 1. The molecule has 7 heteroatoms. The van der Waals surface area contributed by atoms with Crippen molar-refractivity contribution in [2.45, 2.75) is 51.0 Å². The lowest BCUT2D eigenvalue weighted by molar-refractivity contribution is 0.0932. The van der Waals surface area contributed by atoms with Crippen LogP contribution in [0.5, 0.6) is 5.75 Å². The predicted molar refractivity (Wildman–Crippen MR) is 113 cm³/mol. The molecule has 0 spiro atoms. The minimum Gasteiger partial charge on any atom is -0.508 e. The van der Waals surface area contributed by atoms with E-state index in [-0.39, 0.29) is 22.6 Å². The second-order valence-electron chi connectivity index (χ2n) is 7.33. The fourth-order valence-electron chi connectivity index (χ4n) is 3.94. The zero-order chi connectivity index (χ0) is 21.2. The highest BCUT2D eigenvalue weighted by Crippen LogP contribution is 2.35. The van der Waals surface area contributed by atoms with Gasteiger partial charge in [0.25, 0.3) is 5.91 Å². The van der Waals surface area contributed by atoms with E-state index in [1.165, 1.54) is 10.4 Å². The summed E-state index contributed by atoms with van der Waals surface area (Å²) < 4.78 is 27.3. The molecule has 0 saturated heterocycles. The van der Waals surface area contributed by atoms with Gasteiger partial charge in [-0.1, -0.05) is 32.0 Å². The SMILES string of the molecule is CCN(CC)S(=O)(=O)c1cc(C(=O)N[C@H]2CCCc3c(O)cccc32)ccc1C. The highest BCUT2D eigenvalue weighted by atomic mass is 32.2. The van der Waals surface area contributed by atoms with E-state index in [2.05, 4.69) is 5.32 Å². The molecule has 0 radical (unpaired) electrons. The van der Waals surface area contributed by atoms with Crippen LogP contribution >= 0.6 is 0 Å². The Morgan fingerprint density at radius 2 is 1.93 bits per heavy atom. The maximum absolute atomic E-state index is 12.9. The Labute approximate surface area is 172 Å². The number of amides is 1. The van der Waals surface area contributed by atoms with E-state index in [9.17, 15) is 18.3 Å². The molecule has 29 heavy (non-hydrogen) atoms. The molecule has 156 valence electrons. The number of sulfonamides is 1. The van der Waals surface area contributed by atoms with Gasteiger partial charge in [0.1, 0.15) is 5.75 Å². The van der Waals surface area contributed by atoms with Crippen LogP contribution in [0.3, 0.4) is 0 Å². The number of fused-ring (bicyclic) bond motifs is 1. The summed E-state index contributed by atoms with van der Waals surface area (Å²) in [7, 11) is -3.65. The summed E-state index contributed by atoms with van der Waals surface area (Å²) in [5, 5.41) is 13.1. The van der Waals surface area contributed by atoms with Gasteiger partial charge in [0.05, 0.1) is 10.9 Å². The molecule has 2 aromatic carbocycles. The molecule has 1 aliphatic carbocycles. The first-order chi connectivity index (χ1) is 13.8. The number of hydrogen-bond acceptors (Lipinski definition) is 4. The van der Waals surface area contributed by atoms with Crippen molar-refractivity contribution in [3.05, 3.63) is 58.7 Å². The van der Waals surface area contributed by atoms with Gasteiger partial charge in [0.2, 0.25) is 10.0 Å². The largest absolute Gasteiger partial charge is 0.508 e. The molecular formula is C22H28N2O4S. The van der Waals surface area contributed by atoms with Gasteiger partial charge in [-0.3, -0.25) is 4.79 Å². The quantitative estimate of drug-likeness (QED) is 0.754. The van der Waals surface area contributed by atoms with Crippen molar-refractivity contribution in [1.29, 1.82) is 0 Å². The molecule has 1 atom stereocenters. The fourth-order valence-corrected chi connectivity index (χ4v) is 5.65. The van der Waals surface area contributed by atoms with Crippen LogP contribution in [0.15, 0.2) is 41.3 Å². The number of aromatic hydroxyl groups is 1. The molecular weight excluding hydrogens is 388 g/mol. The lowest BCUT2D eigenvalue weighted by atomic mass is 9.87. The van der Waals surface area contributed by atoms with Gasteiger partial charge >= 0.3 is 0 Å². The Morgan fingerprint density at radius 3 is 2.62 bits per heavy atom. The van der Waals surface area contributed by atoms with Crippen molar-refractivity contribution in [3.63, 3.8) is 0 Å². The Kier molecular flexibility index (Phi) is 6.29. The van der Waals surface area contributed by atoms with Crippen LogP contribution in [0, 0.1) is 6.92 Å². The van der Waals surface area contributed by atoms with Crippen molar-refractivity contribution in [2.24, 2.45) is 0 Å². The van der Waals surface area contributed by atoms with Crippen LogP contribution in [0.2, 0.25) is 0 Å². The maximum atomic E-state index is 12.9. The number of nitrogens with one attached hydrogen (secondary N) is 1. The highest BCUT2D eigenvalue weighted by Gasteiger charge is 2.27. The molecule has 0 heterocycles. The van der Waals surface area contributed by atoms with Gasteiger partial charge < -0.3 is 10.4 Å². The van der Waals surface area contributed by atoms with E-state index in [4.69, 9.17) is 0 Å². The molecule has 1 amide bonds. The number of hydrogen-bond donors (Lipinski definition) is 2.